The standard InChI is InChI=1S/C11H13ClO4S/c1-8(2)11(13)16-7-9-4-3-5-10(6-9)17(12,14)15/h3-6,8H,7H2,1-2H3. The Morgan fingerprint density at radius 2 is 2.06 bits per heavy atom. The molecule has 0 aliphatic heterocycles. The van der Waals surface area contributed by atoms with E-state index < -0.39 is 9.05 Å². The van der Waals surface area contributed by atoms with Crippen molar-refractivity contribution >= 4 is 25.7 Å². The van der Waals surface area contributed by atoms with Gasteiger partial charge in [0.15, 0.2) is 0 Å². The van der Waals surface area contributed by atoms with Crippen molar-refractivity contribution in [2.45, 2.75) is 25.3 Å². The van der Waals surface area contributed by atoms with E-state index in [1.807, 2.05) is 0 Å². The van der Waals surface area contributed by atoms with Crippen LogP contribution in [0.3, 0.4) is 0 Å². The molecule has 0 saturated heterocycles. The summed E-state index contributed by atoms with van der Waals surface area (Å²) in [4.78, 5) is 11.2. The topological polar surface area (TPSA) is 60.4 Å². The molecule has 0 aliphatic rings. The van der Waals surface area contributed by atoms with Gasteiger partial charge < -0.3 is 4.74 Å². The first-order valence-electron chi connectivity index (χ1n) is 5.01. The Morgan fingerprint density at radius 1 is 1.41 bits per heavy atom. The van der Waals surface area contributed by atoms with Gasteiger partial charge in [-0.25, -0.2) is 8.42 Å². The summed E-state index contributed by atoms with van der Waals surface area (Å²) < 4.78 is 27.2. The lowest BCUT2D eigenvalue weighted by atomic mass is 10.2. The molecule has 4 nitrogen and oxygen atoms in total. The highest BCUT2D eigenvalue weighted by molar-refractivity contribution is 8.13. The zero-order valence-electron chi connectivity index (χ0n) is 9.51. The summed E-state index contributed by atoms with van der Waals surface area (Å²) in [7, 11) is 1.46. The molecule has 0 radical (unpaired) electrons. The fourth-order valence-corrected chi connectivity index (χ4v) is 1.93. The largest absolute Gasteiger partial charge is 0.461 e. The molecule has 0 bridgehead atoms. The predicted octanol–water partition coefficient (Wildman–Crippen LogP) is 2.31. The van der Waals surface area contributed by atoms with Crippen molar-refractivity contribution in [3.63, 3.8) is 0 Å². The summed E-state index contributed by atoms with van der Waals surface area (Å²) in [5, 5.41) is 0. The molecule has 0 unspecified atom stereocenters. The van der Waals surface area contributed by atoms with Crippen molar-refractivity contribution in [1.29, 1.82) is 0 Å². The van der Waals surface area contributed by atoms with Crippen LogP contribution in [0.25, 0.3) is 0 Å². The number of carbonyl (C=O) groups is 1. The normalized spacial score (nSPS) is 11.5. The molecule has 1 rings (SSSR count). The Bertz CT molecular complexity index is 508. The quantitative estimate of drug-likeness (QED) is 0.625. The second-order valence-electron chi connectivity index (χ2n) is 3.85. The third-order valence-electron chi connectivity index (χ3n) is 2.03. The highest BCUT2D eigenvalue weighted by Crippen LogP contribution is 2.16. The average molecular weight is 277 g/mol. The minimum absolute atomic E-state index is 0.00253. The molecule has 1 aromatic carbocycles. The molecule has 0 fully saturated rings. The Morgan fingerprint density at radius 3 is 2.59 bits per heavy atom. The third-order valence-corrected chi connectivity index (χ3v) is 3.38. The van der Waals surface area contributed by atoms with Crippen LogP contribution in [0.4, 0.5) is 0 Å². The Hall–Kier alpha value is -1.07. The first-order valence-corrected chi connectivity index (χ1v) is 7.32. The lowest BCUT2D eigenvalue weighted by Gasteiger charge is -2.07. The van der Waals surface area contributed by atoms with E-state index in [0.29, 0.717) is 5.56 Å². The number of halogens is 1. The summed E-state index contributed by atoms with van der Waals surface area (Å²) in [6.07, 6.45) is 0. The molecule has 0 saturated carbocycles. The van der Waals surface area contributed by atoms with Gasteiger partial charge in [-0.05, 0) is 17.7 Å². The molecule has 1 aromatic rings. The summed E-state index contributed by atoms with van der Waals surface area (Å²) in [5.74, 6) is -0.543. The van der Waals surface area contributed by atoms with Gasteiger partial charge in [0.05, 0.1) is 10.8 Å². The molecule has 0 atom stereocenters. The van der Waals surface area contributed by atoms with E-state index in [9.17, 15) is 13.2 Å². The van der Waals surface area contributed by atoms with E-state index in [1.54, 1.807) is 26.0 Å². The van der Waals surface area contributed by atoms with E-state index in [2.05, 4.69) is 0 Å². The van der Waals surface area contributed by atoms with Crippen LogP contribution in [0.1, 0.15) is 19.4 Å². The molecule has 17 heavy (non-hydrogen) atoms. The van der Waals surface area contributed by atoms with Crippen LogP contribution in [0.2, 0.25) is 0 Å². The fourth-order valence-electron chi connectivity index (χ4n) is 1.11. The molecule has 0 aliphatic carbocycles. The van der Waals surface area contributed by atoms with Crippen LogP contribution in [0.5, 0.6) is 0 Å². The van der Waals surface area contributed by atoms with Gasteiger partial charge in [0.25, 0.3) is 9.05 Å². The van der Waals surface area contributed by atoms with Crippen molar-refractivity contribution in [3.8, 4) is 0 Å². The zero-order chi connectivity index (χ0) is 13.1. The SMILES string of the molecule is CC(C)C(=O)OCc1cccc(S(=O)(=O)Cl)c1. The minimum Gasteiger partial charge on any atom is -0.461 e. The van der Waals surface area contributed by atoms with Gasteiger partial charge in [-0.1, -0.05) is 26.0 Å². The Balaban J connectivity index is 2.77. The van der Waals surface area contributed by atoms with E-state index in [0.717, 1.165) is 0 Å². The van der Waals surface area contributed by atoms with Crippen molar-refractivity contribution in [2.24, 2.45) is 5.92 Å². The molecule has 0 spiro atoms. The molecule has 0 amide bonds. The molecule has 0 heterocycles. The van der Waals surface area contributed by atoms with E-state index in [1.165, 1.54) is 12.1 Å². The molecule has 0 aromatic heterocycles. The number of hydrogen-bond donors (Lipinski definition) is 0. The van der Waals surface area contributed by atoms with Crippen LogP contribution in [0, 0.1) is 5.92 Å². The first-order chi connectivity index (χ1) is 7.80. The second-order valence-corrected chi connectivity index (χ2v) is 6.41. The van der Waals surface area contributed by atoms with Crippen LogP contribution < -0.4 is 0 Å². The van der Waals surface area contributed by atoms with Gasteiger partial charge >= 0.3 is 5.97 Å². The minimum atomic E-state index is -3.75. The van der Waals surface area contributed by atoms with Crippen molar-refractivity contribution < 1.29 is 17.9 Å². The van der Waals surface area contributed by atoms with Gasteiger partial charge in [0.1, 0.15) is 6.61 Å². The van der Waals surface area contributed by atoms with Crippen LogP contribution in [0.15, 0.2) is 29.2 Å². The molecule has 94 valence electrons. The van der Waals surface area contributed by atoms with Gasteiger partial charge in [-0.2, -0.15) is 0 Å². The predicted molar refractivity (Wildman–Crippen MR) is 64.1 cm³/mol. The maximum Gasteiger partial charge on any atom is 0.308 e. The van der Waals surface area contributed by atoms with Gasteiger partial charge in [0.2, 0.25) is 0 Å². The zero-order valence-corrected chi connectivity index (χ0v) is 11.1. The summed E-state index contributed by atoms with van der Waals surface area (Å²) in [5.41, 5.74) is 0.584. The number of benzene rings is 1. The first kappa shape index (κ1) is 14.0. The number of hydrogen-bond acceptors (Lipinski definition) is 4. The van der Waals surface area contributed by atoms with E-state index >= 15 is 0 Å². The summed E-state index contributed by atoms with van der Waals surface area (Å²) in [6.45, 7) is 3.49. The number of esters is 1. The monoisotopic (exact) mass is 276 g/mol. The maximum absolute atomic E-state index is 11.2. The van der Waals surface area contributed by atoms with Crippen molar-refractivity contribution in [1.82, 2.24) is 0 Å². The van der Waals surface area contributed by atoms with E-state index in [-0.39, 0.29) is 23.4 Å². The summed E-state index contributed by atoms with van der Waals surface area (Å²) in [6, 6.07) is 5.99. The van der Waals surface area contributed by atoms with Gasteiger partial charge in [-0.3, -0.25) is 4.79 Å². The molecule has 0 N–H and O–H groups in total. The van der Waals surface area contributed by atoms with Crippen molar-refractivity contribution in [3.05, 3.63) is 29.8 Å². The fraction of sp³-hybridized carbons (Fsp3) is 0.364. The highest BCUT2D eigenvalue weighted by Gasteiger charge is 2.12. The number of ether oxygens (including phenoxy) is 1. The molecule has 6 heteroatoms. The van der Waals surface area contributed by atoms with Crippen LogP contribution in [-0.4, -0.2) is 14.4 Å². The van der Waals surface area contributed by atoms with E-state index in [4.69, 9.17) is 15.4 Å². The third kappa shape index (κ3) is 4.36. The average Bonchev–Trinajstić information content (AvgIpc) is 2.25. The number of carbonyl (C=O) groups excluding carboxylic acids is 1. The van der Waals surface area contributed by atoms with Gasteiger partial charge in [0, 0.05) is 10.7 Å². The maximum atomic E-state index is 11.2. The Labute approximate surface area is 105 Å². The lowest BCUT2D eigenvalue weighted by molar-refractivity contribution is -0.148. The second kappa shape index (κ2) is 5.51. The smallest absolute Gasteiger partial charge is 0.308 e. The number of rotatable bonds is 4. The molecular weight excluding hydrogens is 264 g/mol. The lowest BCUT2D eigenvalue weighted by Crippen LogP contribution is -2.11. The highest BCUT2D eigenvalue weighted by atomic mass is 35.7. The van der Waals surface area contributed by atoms with Gasteiger partial charge in [-0.15, -0.1) is 0 Å². The van der Waals surface area contributed by atoms with Crippen LogP contribution >= 0.6 is 10.7 Å². The Kier molecular flexibility index (Phi) is 4.54. The van der Waals surface area contributed by atoms with Crippen LogP contribution in [-0.2, 0) is 25.2 Å². The molecular formula is C11H13ClO4S. The summed E-state index contributed by atoms with van der Waals surface area (Å²) >= 11 is 0. The van der Waals surface area contributed by atoms with Crippen molar-refractivity contribution in [2.75, 3.05) is 0 Å².